The highest BCUT2D eigenvalue weighted by atomic mass is 16.3. The van der Waals surface area contributed by atoms with Gasteiger partial charge in [0.2, 0.25) is 0 Å². The van der Waals surface area contributed by atoms with Crippen LogP contribution in [0.15, 0.2) is 65.4 Å². The van der Waals surface area contributed by atoms with E-state index in [0.29, 0.717) is 12.5 Å². The van der Waals surface area contributed by atoms with Crippen molar-refractivity contribution in [3.63, 3.8) is 0 Å². The van der Waals surface area contributed by atoms with E-state index in [1.54, 1.807) is 10.8 Å². The molecule has 0 aliphatic heterocycles. The van der Waals surface area contributed by atoms with E-state index in [9.17, 15) is 0 Å². The van der Waals surface area contributed by atoms with Crippen LogP contribution in [0.1, 0.15) is 25.2 Å². The molecule has 4 rings (SSSR count). The molecule has 1 N–H and O–H groups in total. The van der Waals surface area contributed by atoms with Crippen molar-refractivity contribution in [3.05, 3.63) is 72.3 Å². The van der Waals surface area contributed by atoms with Crippen molar-refractivity contribution in [2.24, 2.45) is 5.92 Å². The van der Waals surface area contributed by atoms with Crippen molar-refractivity contribution in [1.29, 1.82) is 0 Å². The maximum absolute atomic E-state index is 5.33. The molecule has 1 aromatic carbocycles. The third-order valence-corrected chi connectivity index (χ3v) is 4.24. The Labute approximate surface area is 152 Å². The van der Waals surface area contributed by atoms with E-state index in [1.165, 1.54) is 5.56 Å². The summed E-state index contributed by atoms with van der Waals surface area (Å²) in [5.41, 5.74) is 4.20. The maximum Gasteiger partial charge on any atom is 0.157 e. The lowest BCUT2D eigenvalue weighted by molar-refractivity contribution is 0.518. The molecule has 5 heteroatoms. The zero-order valence-corrected chi connectivity index (χ0v) is 15.0. The molecule has 0 saturated heterocycles. The van der Waals surface area contributed by atoms with E-state index in [0.717, 1.165) is 34.9 Å². The van der Waals surface area contributed by atoms with Gasteiger partial charge >= 0.3 is 0 Å². The summed E-state index contributed by atoms with van der Waals surface area (Å²) in [6, 6.07) is 16.4. The summed E-state index contributed by atoms with van der Waals surface area (Å²) in [6.07, 6.45) is 4.68. The van der Waals surface area contributed by atoms with Gasteiger partial charge in [-0.05, 0) is 36.1 Å². The molecular formula is C21H22N4O. The van der Waals surface area contributed by atoms with E-state index in [2.05, 4.69) is 53.5 Å². The van der Waals surface area contributed by atoms with Crippen molar-refractivity contribution in [2.45, 2.75) is 26.8 Å². The molecule has 0 atom stereocenters. The molecule has 5 nitrogen and oxygen atoms in total. The van der Waals surface area contributed by atoms with Crippen LogP contribution in [0.3, 0.4) is 0 Å². The Kier molecular flexibility index (Phi) is 4.44. The Hall–Kier alpha value is -3.08. The molecule has 0 aliphatic carbocycles. The molecule has 0 unspecified atom stereocenters. The summed E-state index contributed by atoms with van der Waals surface area (Å²) in [6.45, 7) is 5.08. The first-order valence-electron chi connectivity index (χ1n) is 8.89. The van der Waals surface area contributed by atoms with Gasteiger partial charge in [-0.25, -0.2) is 9.50 Å². The molecule has 3 heterocycles. The third kappa shape index (κ3) is 3.61. The highest BCUT2D eigenvalue weighted by Gasteiger charge is 2.07. The summed E-state index contributed by atoms with van der Waals surface area (Å²) in [4.78, 5) is 4.63. The Morgan fingerprint density at radius 2 is 1.96 bits per heavy atom. The quantitative estimate of drug-likeness (QED) is 0.545. The van der Waals surface area contributed by atoms with Crippen LogP contribution in [0.25, 0.3) is 16.9 Å². The molecule has 0 bridgehead atoms. The maximum atomic E-state index is 5.33. The van der Waals surface area contributed by atoms with Gasteiger partial charge in [0.25, 0.3) is 0 Å². The molecule has 4 aromatic rings. The van der Waals surface area contributed by atoms with Crippen molar-refractivity contribution < 1.29 is 4.42 Å². The van der Waals surface area contributed by atoms with E-state index >= 15 is 0 Å². The minimum atomic E-state index is 0.606. The molecule has 132 valence electrons. The molecule has 0 spiro atoms. The fraction of sp³-hybridized carbons (Fsp3) is 0.238. The van der Waals surface area contributed by atoms with Gasteiger partial charge in [-0.3, -0.25) is 0 Å². The molecule has 0 aliphatic rings. The first kappa shape index (κ1) is 16.4. The van der Waals surface area contributed by atoms with Crippen LogP contribution in [0.4, 0.5) is 5.82 Å². The first-order valence-corrected chi connectivity index (χ1v) is 8.89. The summed E-state index contributed by atoms with van der Waals surface area (Å²) in [5, 5.41) is 7.90. The Morgan fingerprint density at radius 1 is 1.12 bits per heavy atom. The van der Waals surface area contributed by atoms with Crippen LogP contribution in [-0.4, -0.2) is 14.6 Å². The fourth-order valence-corrected chi connectivity index (χ4v) is 2.99. The first-order chi connectivity index (χ1) is 12.7. The molecule has 0 amide bonds. The van der Waals surface area contributed by atoms with Gasteiger partial charge in [-0.1, -0.05) is 38.1 Å². The lowest BCUT2D eigenvalue weighted by Crippen LogP contribution is -2.01. The largest absolute Gasteiger partial charge is 0.467 e. The number of fused-ring (bicyclic) bond motifs is 1. The number of nitrogens with one attached hydrogen (secondary N) is 1. The normalized spacial score (nSPS) is 11.3. The Bertz CT molecular complexity index is 985. The number of hydrogen-bond acceptors (Lipinski definition) is 4. The summed E-state index contributed by atoms with van der Waals surface area (Å²) >= 11 is 0. The van der Waals surface area contributed by atoms with Crippen LogP contribution in [0.5, 0.6) is 0 Å². The van der Waals surface area contributed by atoms with Gasteiger partial charge in [0.15, 0.2) is 5.65 Å². The average molecular weight is 346 g/mol. The number of aromatic nitrogens is 3. The van der Waals surface area contributed by atoms with Gasteiger partial charge in [0.1, 0.15) is 11.6 Å². The van der Waals surface area contributed by atoms with Gasteiger partial charge in [-0.15, -0.1) is 0 Å². The highest BCUT2D eigenvalue weighted by molar-refractivity contribution is 5.65. The molecular weight excluding hydrogens is 324 g/mol. The predicted octanol–water partition coefficient (Wildman–Crippen LogP) is 4.80. The van der Waals surface area contributed by atoms with Gasteiger partial charge in [0, 0.05) is 17.8 Å². The number of anilines is 1. The zero-order chi connectivity index (χ0) is 17.9. The second kappa shape index (κ2) is 7.04. The summed E-state index contributed by atoms with van der Waals surface area (Å²) in [7, 11) is 0. The smallest absolute Gasteiger partial charge is 0.157 e. The monoisotopic (exact) mass is 346 g/mol. The average Bonchev–Trinajstić information content (AvgIpc) is 3.29. The van der Waals surface area contributed by atoms with E-state index < -0.39 is 0 Å². The second-order valence-electron chi connectivity index (χ2n) is 6.87. The van der Waals surface area contributed by atoms with Crippen molar-refractivity contribution >= 4 is 11.5 Å². The lowest BCUT2D eigenvalue weighted by Gasteiger charge is -2.05. The fourth-order valence-electron chi connectivity index (χ4n) is 2.99. The summed E-state index contributed by atoms with van der Waals surface area (Å²) < 4.78 is 7.13. The number of rotatable bonds is 6. The number of nitrogens with zero attached hydrogens (tertiary/aromatic N) is 3. The third-order valence-electron chi connectivity index (χ3n) is 4.24. The Morgan fingerprint density at radius 3 is 2.69 bits per heavy atom. The Balaban J connectivity index is 1.53. The van der Waals surface area contributed by atoms with Gasteiger partial charge in [-0.2, -0.15) is 5.10 Å². The molecule has 3 aromatic heterocycles. The van der Waals surface area contributed by atoms with Gasteiger partial charge < -0.3 is 9.73 Å². The van der Waals surface area contributed by atoms with Crippen LogP contribution < -0.4 is 5.32 Å². The second-order valence-corrected chi connectivity index (χ2v) is 6.87. The number of furan rings is 1. The topological polar surface area (TPSA) is 55.4 Å². The van der Waals surface area contributed by atoms with Crippen LogP contribution in [0.2, 0.25) is 0 Å². The van der Waals surface area contributed by atoms with Crippen molar-refractivity contribution in [2.75, 3.05) is 5.32 Å². The highest BCUT2D eigenvalue weighted by Crippen LogP contribution is 2.21. The van der Waals surface area contributed by atoms with Crippen LogP contribution >= 0.6 is 0 Å². The van der Waals surface area contributed by atoms with E-state index in [4.69, 9.17) is 4.42 Å². The SMILES string of the molecule is CC(C)Cc1ccc(-c2cc3nc(NCc4ccco4)ccn3n2)cc1. The van der Waals surface area contributed by atoms with Crippen LogP contribution in [0, 0.1) is 5.92 Å². The molecule has 0 saturated carbocycles. The molecule has 26 heavy (non-hydrogen) atoms. The zero-order valence-electron chi connectivity index (χ0n) is 15.0. The minimum absolute atomic E-state index is 0.606. The van der Waals surface area contributed by atoms with Gasteiger partial charge in [0.05, 0.1) is 18.5 Å². The minimum Gasteiger partial charge on any atom is -0.467 e. The molecule has 0 fully saturated rings. The number of hydrogen-bond donors (Lipinski definition) is 1. The standard InChI is InChI=1S/C21H22N4O/c1-15(2)12-16-5-7-17(8-6-16)19-13-21-23-20(9-10-25(21)24-19)22-14-18-4-3-11-26-18/h3-11,13,15H,12,14H2,1-2H3,(H,22,23). The predicted molar refractivity (Wildman–Crippen MR) is 103 cm³/mol. The van der Waals surface area contributed by atoms with Crippen LogP contribution in [-0.2, 0) is 13.0 Å². The van der Waals surface area contributed by atoms with Crippen molar-refractivity contribution in [3.8, 4) is 11.3 Å². The summed E-state index contributed by atoms with van der Waals surface area (Å²) in [5.74, 6) is 2.34. The lowest BCUT2D eigenvalue weighted by atomic mass is 10.0. The molecule has 0 radical (unpaired) electrons. The van der Waals surface area contributed by atoms with Crippen molar-refractivity contribution in [1.82, 2.24) is 14.6 Å². The van der Waals surface area contributed by atoms with E-state index in [-0.39, 0.29) is 0 Å². The van der Waals surface area contributed by atoms with E-state index in [1.807, 2.05) is 30.5 Å². The number of benzene rings is 1.